The number of piperidine rings is 1. The monoisotopic (exact) mass is 280 g/mol. The molecule has 0 bridgehead atoms. The third-order valence-corrected chi connectivity index (χ3v) is 3.31. The molecule has 1 fully saturated rings. The van der Waals surface area contributed by atoms with Crippen molar-refractivity contribution in [2.24, 2.45) is 0 Å². The maximum Gasteiger partial charge on any atom is 0.255 e. The maximum absolute atomic E-state index is 13.8. The van der Waals surface area contributed by atoms with Crippen LogP contribution in [0.4, 0.5) is 10.1 Å². The topological polar surface area (TPSA) is 92.5 Å². The lowest BCUT2D eigenvalue weighted by Gasteiger charge is -2.29. The van der Waals surface area contributed by atoms with Crippen molar-refractivity contribution in [3.05, 3.63) is 29.0 Å². The third-order valence-electron chi connectivity index (χ3n) is 3.31. The molecular formula is C13H12FN3O3. The van der Waals surface area contributed by atoms with Gasteiger partial charge in [0.15, 0.2) is 0 Å². The third kappa shape index (κ3) is 1.82. The number of halogens is 1. The number of imide groups is 1. The number of nitrogen functional groups attached to an aromatic ring is 1. The molecule has 104 valence electrons. The Morgan fingerprint density at radius 1 is 1.45 bits per heavy atom. The van der Waals surface area contributed by atoms with Crippen LogP contribution in [0, 0.1) is 5.82 Å². The van der Waals surface area contributed by atoms with Crippen LogP contribution in [0.3, 0.4) is 0 Å². The molecule has 7 heteroatoms. The summed E-state index contributed by atoms with van der Waals surface area (Å²) in [5.41, 5.74) is 5.08. The van der Waals surface area contributed by atoms with Crippen molar-refractivity contribution in [3.8, 4) is 0 Å². The normalized spacial score (nSPS) is 27.8. The van der Waals surface area contributed by atoms with Gasteiger partial charge in [-0.25, -0.2) is 4.39 Å². The van der Waals surface area contributed by atoms with Gasteiger partial charge in [0.1, 0.15) is 11.8 Å². The summed E-state index contributed by atoms with van der Waals surface area (Å²) in [5, 5.41) is 2.00. The Labute approximate surface area is 117 Å². The molecule has 2 aliphatic rings. The summed E-state index contributed by atoms with van der Waals surface area (Å²) in [6, 6.07) is -3.50. The summed E-state index contributed by atoms with van der Waals surface area (Å²) in [4.78, 5) is 36.6. The molecule has 6 nitrogen and oxygen atoms in total. The standard InChI is InChI=1S/C13H12FN3O3/c14-6-3-7-8(9(15)4-6)5-17(13(7)20)10-1-2-11(18)16-12(10)19/h3-4,10H,1-2,5,15H2,(H,16,18,19)/t10-/m1/s1/i3D,4D,10D. The van der Waals surface area contributed by atoms with Gasteiger partial charge in [-0.05, 0) is 18.5 Å². The molecule has 3 rings (SSSR count). The Morgan fingerprint density at radius 3 is 2.90 bits per heavy atom. The molecule has 0 saturated carbocycles. The van der Waals surface area contributed by atoms with Crippen LogP contribution in [0.1, 0.15) is 32.9 Å². The molecule has 1 aromatic rings. The van der Waals surface area contributed by atoms with Gasteiger partial charge in [-0.2, -0.15) is 0 Å². The second-order valence-electron chi connectivity index (χ2n) is 4.55. The minimum Gasteiger partial charge on any atom is -0.398 e. The molecule has 0 unspecified atom stereocenters. The smallest absolute Gasteiger partial charge is 0.255 e. The van der Waals surface area contributed by atoms with Crippen LogP contribution < -0.4 is 11.1 Å². The van der Waals surface area contributed by atoms with Gasteiger partial charge < -0.3 is 10.6 Å². The van der Waals surface area contributed by atoms with E-state index in [1.54, 1.807) is 0 Å². The fourth-order valence-corrected chi connectivity index (χ4v) is 2.34. The van der Waals surface area contributed by atoms with E-state index in [9.17, 15) is 18.8 Å². The van der Waals surface area contributed by atoms with Crippen LogP contribution in [-0.2, 0) is 16.1 Å². The van der Waals surface area contributed by atoms with Crippen molar-refractivity contribution in [3.63, 3.8) is 0 Å². The Kier molecular flexibility index (Phi) is 2.03. The highest BCUT2D eigenvalue weighted by Crippen LogP contribution is 2.31. The molecule has 0 aromatic heterocycles. The van der Waals surface area contributed by atoms with E-state index in [0.717, 1.165) is 4.90 Å². The lowest BCUT2D eigenvalue weighted by atomic mass is 10.0. The summed E-state index contributed by atoms with van der Waals surface area (Å²) in [6.07, 6.45) is -0.322. The molecule has 3 amide bonds. The highest BCUT2D eigenvalue weighted by Gasteiger charge is 2.39. The second kappa shape index (κ2) is 4.29. The summed E-state index contributed by atoms with van der Waals surface area (Å²) in [6.45, 7) is -0.289. The van der Waals surface area contributed by atoms with E-state index in [1.165, 1.54) is 0 Å². The molecule has 0 aliphatic carbocycles. The summed E-state index contributed by atoms with van der Waals surface area (Å²) in [7, 11) is 0. The van der Waals surface area contributed by atoms with E-state index in [-0.39, 0.29) is 36.2 Å². The zero-order valence-electron chi connectivity index (χ0n) is 13.2. The van der Waals surface area contributed by atoms with Crippen LogP contribution in [0.15, 0.2) is 12.1 Å². The number of carbonyl (C=O) groups is 3. The Morgan fingerprint density at radius 2 is 2.20 bits per heavy atom. The maximum atomic E-state index is 13.8. The molecule has 1 aromatic carbocycles. The van der Waals surface area contributed by atoms with E-state index in [4.69, 9.17) is 9.85 Å². The quantitative estimate of drug-likeness (QED) is 0.566. The number of rotatable bonds is 1. The van der Waals surface area contributed by atoms with Crippen molar-refractivity contribution in [1.29, 1.82) is 0 Å². The van der Waals surface area contributed by atoms with Crippen molar-refractivity contribution in [2.75, 3.05) is 5.73 Å². The van der Waals surface area contributed by atoms with Crippen molar-refractivity contribution >= 4 is 23.4 Å². The van der Waals surface area contributed by atoms with E-state index in [1.807, 2.05) is 5.32 Å². The van der Waals surface area contributed by atoms with Gasteiger partial charge in [0, 0.05) is 29.8 Å². The molecule has 1 atom stereocenters. The Hall–Kier alpha value is -2.44. The van der Waals surface area contributed by atoms with Crippen LogP contribution in [0.25, 0.3) is 0 Å². The number of nitrogens with two attached hydrogens (primary N) is 1. The van der Waals surface area contributed by atoms with Gasteiger partial charge in [-0.15, -0.1) is 0 Å². The predicted octanol–water partition coefficient (Wildman–Crippen LogP) is 0.169. The fraction of sp³-hybridized carbons (Fsp3) is 0.308. The number of nitrogens with one attached hydrogen (secondary N) is 1. The van der Waals surface area contributed by atoms with E-state index >= 15 is 0 Å². The molecule has 2 aliphatic heterocycles. The first kappa shape index (κ1) is 9.46. The van der Waals surface area contributed by atoms with E-state index in [2.05, 4.69) is 0 Å². The van der Waals surface area contributed by atoms with Crippen molar-refractivity contribution in [2.45, 2.75) is 25.4 Å². The number of carbonyl (C=O) groups excluding carboxylic acids is 3. The molecule has 0 spiro atoms. The SMILES string of the molecule is [2H]c1c(N)c2c(c([2H])c1F)C(=O)N([C@]1([2H])CCC(=O)NC1=O)C2. The molecular weight excluding hydrogens is 265 g/mol. The lowest BCUT2D eigenvalue weighted by molar-refractivity contribution is -0.136. The Balaban J connectivity index is 2.08. The zero-order valence-corrected chi connectivity index (χ0v) is 10.2. The van der Waals surface area contributed by atoms with Gasteiger partial charge in [-0.3, -0.25) is 19.7 Å². The van der Waals surface area contributed by atoms with Crippen molar-refractivity contribution in [1.82, 2.24) is 10.2 Å². The Bertz CT molecular complexity index is 786. The summed E-state index contributed by atoms with van der Waals surface area (Å²) in [5.74, 6) is -3.59. The minimum absolute atomic E-state index is 0.0581. The van der Waals surface area contributed by atoms with Gasteiger partial charge in [0.05, 0.1) is 4.11 Å². The van der Waals surface area contributed by atoms with Crippen LogP contribution >= 0.6 is 0 Å². The number of amides is 3. The lowest BCUT2D eigenvalue weighted by Crippen LogP contribution is -2.52. The van der Waals surface area contributed by atoms with Crippen LogP contribution in [-0.4, -0.2) is 28.6 Å². The highest BCUT2D eigenvalue weighted by molar-refractivity contribution is 6.06. The average Bonchev–Trinajstić information content (AvgIpc) is 2.85. The summed E-state index contributed by atoms with van der Waals surface area (Å²) < 4.78 is 37.3. The number of hydrogen-bond donors (Lipinski definition) is 2. The summed E-state index contributed by atoms with van der Waals surface area (Å²) >= 11 is 0. The van der Waals surface area contributed by atoms with Gasteiger partial charge >= 0.3 is 0 Å². The minimum atomic E-state index is -2.04. The first-order valence-corrected chi connectivity index (χ1v) is 5.91. The van der Waals surface area contributed by atoms with Gasteiger partial charge in [-0.1, -0.05) is 0 Å². The fourth-order valence-electron chi connectivity index (χ4n) is 2.34. The van der Waals surface area contributed by atoms with E-state index < -0.39 is 41.6 Å². The number of benzene rings is 1. The predicted molar refractivity (Wildman–Crippen MR) is 66.9 cm³/mol. The van der Waals surface area contributed by atoms with Gasteiger partial charge in [0.25, 0.3) is 5.91 Å². The molecule has 3 N–H and O–H groups in total. The molecule has 20 heavy (non-hydrogen) atoms. The highest BCUT2D eigenvalue weighted by atomic mass is 19.1. The number of anilines is 1. The first-order chi connectivity index (χ1) is 10.7. The van der Waals surface area contributed by atoms with Crippen molar-refractivity contribution < 1.29 is 22.9 Å². The van der Waals surface area contributed by atoms with Crippen LogP contribution in [0.2, 0.25) is 0 Å². The number of fused-ring (bicyclic) bond motifs is 1. The first-order valence-electron chi connectivity index (χ1n) is 7.41. The van der Waals surface area contributed by atoms with Gasteiger partial charge in [0.2, 0.25) is 11.8 Å². The van der Waals surface area contributed by atoms with E-state index in [0.29, 0.717) is 0 Å². The molecule has 0 radical (unpaired) electrons. The largest absolute Gasteiger partial charge is 0.398 e. The zero-order chi connectivity index (χ0) is 17.1. The second-order valence-corrected chi connectivity index (χ2v) is 4.55. The average molecular weight is 280 g/mol. The molecule has 2 heterocycles. The number of hydrogen-bond acceptors (Lipinski definition) is 4. The van der Waals surface area contributed by atoms with Crippen LogP contribution in [0.5, 0.6) is 0 Å². The number of nitrogens with zero attached hydrogens (tertiary/aromatic N) is 1. The molecule has 1 saturated heterocycles.